The van der Waals surface area contributed by atoms with Crippen molar-refractivity contribution in [2.24, 2.45) is 5.92 Å². The van der Waals surface area contributed by atoms with E-state index >= 15 is 0 Å². The summed E-state index contributed by atoms with van der Waals surface area (Å²) in [6, 6.07) is 16.4. The number of rotatable bonds is 9. The number of piperidine rings is 1. The average molecular weight is 463 g/mol. The highest BCUT2D eigenvalue weighted by molar-refractivity contribution is 5.97. The van der Waals surface area contributed by atoms with Gasteiger partial charge in [-0.05, 0) is 60.9 Å². The molecule has 1 saturated heterocycles. The second-order valence-electron chi connectivity index (χ2n) is 8.24. The Morgan fingerprint density at radius 3 is 2.35 bits per heavy atom. The normalized spacial score (nSPS) is 17.9. The molecule has 8 heteroatoms. The van der Waals surface area contributed by atoms with Gasteiger partial charge in [-0.1, -0.05) is 12.1 Å². The van der Waals surface area contributed by atoms with Gasteiger partial charge in [0.2, 0.25) is 11.8 Å². The lowest BCUT2D eigenvalue weighted by molar-refractivity contribution is -0.129. The van der Waals surface area contributed by atoms with Gasteiger partial charge >= 0.3 is 0 Å². The average Bonchev–Trinajstić information content (AvgIpc) is 3.40. The van der Waals surface area contributed by atoms with Crippen LogP contribution in [0.25, 0.3) is 0 Å². The Morgan fingerprint density at radius 2 is 1.74 bits per heavy atom. The van der Waals surface area contributed by atoms with Crippen LogP contribution in [0.5, 0.6) is 11.5 Å². The van der Waals surface area contributed by atoms with Crippen LogP contribution in [0.3, 0.4) is 0 Å². The molecule has 1 N–H and O–H groups in total. The maximum absolute atomic E-state index is 13.3. The zero-order chi connectivity index (χ0) is 23.9. The van der Waals surface area contributed by atoms with Crippen molar-refractivity contribution in [2.75, 3.05) is 25.7 Å². The van der Waals surface area contributed by atoms with E-state index in [1.165, 1.54) is 0 Å². The van der Waals surface area contributed by atoms with Gasteiger partial charge in [0.15, 0.2) is 0 Å². The summed E-state index contributed by atoms with van der Waals surface area (Å²) >= 11 is 0. The number of hydrogen-bond acceptors (Lipinski definition) is 5. The van der Waals surface area contributed by atoms with Crippen LogP contribution in [0.1, 0.15) is 30.9 Å². The molecule has 34 heavy (non-hydrogen) atoms. The van der Waals surface area contributed by atoms with Gasteiger partial charge < -0.3 is 19.7 Å². The van der Waals surface area contributed by atoms with Crippen LogP contribution in [-0.4, -0.2) is 42.4 Å². The molecule has 2 aromatic carbocycles. The van der Waals surface area contributed by atoms with Crippen LogP contribution in [0.4, 0.5) is 5.69 Å². The van der Waals surface area contributed by atoms with E-state index in [-0.39, 0.29) is 17.7 Å². The largest absolute Gasteiger partial charge is 0.497 e. The van der Waals surface area contributed by atoms with Gasteiger partial charge in [-0.25, -0.2) is 0 Å². The molecule has 2 amide bonds. The zero-order valence-corrected chi connectivity index (χ0v) is 19.5. The molecule has 2 heterocycles. The summed E-state index contributed by atoms with van der Waals surface area (Å²) in [5.41, 5.74) is 1.63. The molecule has 0 spiro atoms. The SMILES string of the molecule is COc1ccc(C2C(C(=O)NCCCn3cccn3)CCC(=O)N2c2ccc(OC)cc2)cc1. The fraction of sp³-hybridized carbons (Fsp3) is 0.346. The lowest BCUT2D eigenvalue weighted by Crippen LogP contribution is -2.48. The molecular formula is C26H30N4O4. The molecule has 2 unspecified atom stereocenters. The number of ether oxygens (including phenoxy) is 2. The van der Waals surface area contributed by atoms with Crippen LogP contribution >= 0.6 is 0 Å². The molecule has 0 aliphatic carbocycles. The van der Waals surface area contributed by atoms with Crippen molar-refractivity contribution in [3.05, 3.63) is 72.6 Å². The predicted octanol–water partition coefficient (Wildman–Crippen LogP) is 3.59. The van der Waals surface area contributed by atoms with Crippen molar-refractivity contribution in [2.45, 2.75) is 31.8 Å². The summed E-state index contributed by atoms with van der Waals surface area (Å²) in [5, 5.41) is 7.27. The fourth-order valence-corrected chi connectivity index (χ4v) is 4.41. The van der Waals surface area contributed by atoms with Crippen LogP contribution in [-0.2, 0) is 16.1 Å². The molecule has 4 rings (SSSR count). The minimum Gasteiger partial charge on any atom is -0.497 e. The molecule has 0 saturated carbocycles. The van der Waals surface area contributed by atoms with Crippen LogP contribution in [0, 0.1) is 5.92 Å². The third-order valence-electron chi connectivity index (χ3n) is 6.16. The van der Waals surface area contributed by atoms with E-state index in [9.17, 15) is 9.59 Å². The van der Waals surface area contributed by atoms with Crippen molar-refractivity contribution < 1.29 is 19.1 Å². The number of nitrogens with one attached hydrogen (secondary N) is 1. The van der Waals surface area contributed by atoms with E-state index in [0.717, 1.165) is 30.0 Å². The van der Waals surface area contributed by atoms with Crippen LogP contribution in [0.2, 0.25) is 0 Å². The predicted molar refractivity (Wildman–Crippen MR) is 129 cm³/mol. The Labute approximate surface area is 199 Å². The summed E-state index contributed by atoms with van der Waals surface area (Å²) in [6.07, 6.45) is 5.22. The van der Waals surface area contributed by atoms with E-state index in [4.69, 9.17) is 9.47 Å². The van der Waals surface area contributed by atoms with Crippen molar-refractivity contribution in [1.82, 2.24) is 15.1 Å². The summed E-state index contributed by atoms with van der Waals surface area (Å²) in [4.78, 5) is 28.2. The first-order chi connectivity index (χ1) is 16.6. The summed E-state index contributed by atoms with van der Waals surface area (Å²) in [6.45, 7) is 1.28. The number of methoxy groups -OCH3 is 2. The zero-order valence-electron chi connectivity index (χ0n) is 19.5. The fourth-order valence-electron chi connectivity index (χ4n) is 4.41. The van der Waals surface area contributed by atoms with Crippen LogP contribution in [0.15, 0.2) is 67.0 Å². The molecule has 178 valence electrons. The molecule has 1 fully saturated rings. The molecule has 0 radical (unpaired) electrons. The first-order valence-electron chi connectivity index (χ1n) is 11.5. The molecule has 2 atom stereocenters. The third-order valence-corrected chi connectivity index (χ3v) is 6.16. The topological polar surface area (TPSA) is 85.7 Å². The minimum atomic E-state index is -0.424. The second-order valence-corrected chi connectivity index (χ2v) is 8.24. The lowest BCUT2D eigenvalue weighted by Gasteiger charge is -2.41. The van der Waals surface area contributed by atoms with Crippen molar-refractivity contribution >= 4 is 17.5 Å². The lowest BCUT2D eigenvalue weighted by atomic mass is 9.83. The molecule has 8 nitrogen and oxygen atoms in total. The Bertz CT molecular complexity index is 1080. The maximum Gasteiger partial charge on any atom is 0.227 e. The number of aromatic nitrogens is 2. The van der Waals surface area contributed by atoms with Gasteiger partial charge in [0.1, 0.15) is 11.5 Å². The Kier molecular flexibility index (Phi) is 7.47. The van der Waals surface area contributed by atoms with Crippen molar-refractivity contribution in [1.29, 1.82) is 0 Å². The van der Waals surface area contributed by atoms with Gasteiger partial charge in [0.25, 0.3) is 0 Å². The number of benzene rings is 2. The quantitative estimate of drug-likeness (QED) is 0.491. The summed E-state index contributed by atoms with van der Waals surface area (Å²) < 4.78 is 12.4. The monoisotopic (exact) mass is 462 g/mol. The molecule has 1 aliphatic heterocycles. The van der Waals surface area contributed by atoms with Crippen molar-refractivity contribution in [3.8, 4) is 11.5 Å². The Balaban J connectivity index is 1.57. The minimum absolute atomic E-state index is 0.00582. The number of carbonyl (C=O) groups is 2. The van der Waals surface area contributed by atoms with E-state index < -0.39 is 6.04 Å². The number of aryl methyl sites for hydroxylation is 1. The van der Waals surface area contributed by atoms with Crippen LogP contribution < -0.4 is 19.7 Å². The number of hydrogen-bond donors (Lipinski definition) is 1. The smallest absolute Gasteiger partial charge is 0.227 e. The van der Waals surface area contributed by atoms with E-state index in [1.54, 1.807) is 25.3 Å². The van der Waals surface area contributed by atoms with Gasteiger partial charge in [-0.15, -0.1) is 0 Å². The maximum atomic E-state index is 13.3. The molecule has 1 aliphatic rings. The van der Waals surface area contributed by atoms with E-state index in [1.807, 2.05) is 65.5 Å². The second kappa shape index (κ2) is 10.9. The highest BCUT2D eigenvalue weighted by Crippen LogP contribution is 2.40. The highest BCUT2D eigenvalue weighted by atomic mass is 16.5. The van der Waals surface area contributed by atoms with Gasteiger partial charge in [0, 0.05) is 37.6 Å². The summed E-state index contributed by atoms with van der Waals surface area (Å²) in [5.74, 6) is 1.00. The molecule has 3 aromatic rings. The first-order valence-corrected chi connectivity index (χ1v) is 11.5. The Morgan fingerprint density at radius 1 is 1.06 bits per heavy atom. The number of carbonyl (C=O) groups excluding carboxylic acids is 2. The number of nitrogens with zero attached hydrogens (tertiary/aromatic N) is 3. The third kappa shape index (κ3) is 5.22. The highest BCUT2D eigenvalue weighted by Gasteiger charge is 2.41. The van der Waals surface area contributed by atoms with Gasteiger partial charge in [-0.3, -0.25) is 14.3 Å². The summed E-state index contributed by atoms with van der Waals surface area (Å²) in [7, 11) is 3.22. The molecule has 1 aromatic heterocycles. The standard InChI is InChI=1S/C26H30N4O4/c1-33-21-9-5-19(6-10-21)25-23(26(32)27-15-3-17-29-18-4-16-28-29)13-14-24(31)30(25)20-7-11-22(34-2)12-8-20/h4-12,16,18,23,25H,3,13-15,17H2,1-2H3,(H,27,32). The number of amides is 2. The van der Waals surface area contributed by atoms with Gasteiger partial charge in [-0.2, -0.15) is 5.10 Å². The van der Waals surface area contributed by atoms with E-state index in [0.29, 0.717) is 25.1 Å². The molecular weight excluding hydrogens is 432 g/mol. The van der Waals surface area contributed by atoms with E-state index in [2.05, 4.69) is 10.4 Å². The van der Waals surface area contributed by atoms with Gasteiger partial charge in [0.05, 0.1) is 26.2 Å². The Hall–Kier alpha value is -3.81. The molecule has 0 bridgehead atoms. The first kappa shape index (κ1) is 23.4. The van der Waals surface area contributed by atoms with Crippen molar-refractivity contribution in [3.63, 3.8) is 0 Å². The number of anilines is 1.